The molecule has 1 aromatic heterocycles. The minimum atomic E-state index is 0.146. The summed E-state index contributed by atoms with van der Waals surface area (Å²) in [7, 11) is 0. The number of nitrogens with zero attached hydrogens (tertiary/aromatic N) is 3. The van der Waals surface area contributed by atoms with Gasteiger partial charge >= 0.3 is 0 Å². The van der Waals surface area contributed by atoms with Gasteiger partial charge in [-0.1, -0.05) is 6.07 Å². The molecule has 1 N–H and O–H groups in total. The summed E-state index contributed by atoms with van der Waals surface area (Å²) < 4.78 is 0. The predicted octanol–water partition coefficient (Wildman–Crippen LogP) is 1.87. The van der Waals surface area contributed by atoms with Crippen LogP contribution in [0.4, 0.5) is 0 Å². The van der Waals surface area contributed by atoms with E-state index >= 15 is 0 Å². The van der Waals surface area contributed by atoms with E-state index in [1.807, 2.05) is 23.1 Å². The molecular weight excluding hydrogens is 264 g/mol. The van der Waals surface area contributed by atoms with Crippen LogP contribution in [0.3, 0.4) is 0 Å². The van der Waals surface area contributed by atoms with Gasteiger partial charge in [-0.3, -0.25) is 14.8 Å². The van der Waals surface area contributed by atoms with Crippen LogP contribution in [0.1, 0.15) is 29.6 Å². The molecule has 2 fully saturated rings. The minimum absolute atomic E-state index is 0.146. The number of hydrogen-bond acceptors (Lipinski definition) is 3. The summed E-state index contributed by atoms with van der Waals surface area (Å²) in [5.74, 6) is 0.146. The lowest BCUT2D eigenvalue weighted by Crippen LogP contribution is -2.37. The summed E-state index contributed by atoms with van der Waals surface area (Å²) in [6.45, 7) is 4.15. The Morgan fingerprint density at radius 2 is 2.10 bits per heavy atom. The molecule has 110 valence electrons. The van der Waals surface area contributed by atoms with Gasteiger partial charge in [0, 0.05) is 30.1 Å². The fraction of sp³-hybridized carbons (Fsp3) is 0.500. The fourth-order valence-corrected chi connectivity index (χ4v) is 3.58. The number of rotatable bonds is 2. The van der Waals surface area contributed by atoms with Gasteiger partial charge in [-0.05, 0) is 44.5 Å². The maximum absolute atomic E-state index is 12.6. The highest BCUT2D eigenvalue weighted by Gasteiger charge is 2.31. The topological polar surface area (TPSA) is 52.2 Å². The Hall–Kier alpha value is -1.88. The zero-order chi connectivity index (χ0) is 14.2. The number of hydrogen-bond donors (Lipinski definition) is 1. The van der Waals surface area contributed by atoms with Crippen LogP contribution in [-0.2, 0) is 0 Å². The van der Waals surface area contributed by atoms with E-state index in [4.69, 9.17) is 0 Å². The molecule has 2 aromatic rings. The van der Waals surface area contributed by atoms with Crippen molar-refractivity contribution in [1.29, 1.82) is 0 Å². The number of nitrogens with one attached hydrogen (secondary N) is 1. The van der Waals surface area contributed by atoms with Gasteiger partial charge in [0.15, 0.2) is 0 Å². The van der Waals surface area contributed by atoms with E-state index in [1.165, 1.54) is 25.9 Å². The highest BCUT2D eigenvalue weighted by molar-refractivity contribution is 5.97. The van der Waals surface area contributed by atoms with E-state index in [0.29, 0.717) is 6.04 Å². The molecule has 1 atom stereocenters. The summed E-state index contributed by atoms with van der Waals surface area (Å²) >= 11 is 0. The molecule has 0 spiro atoms. The minimum Gasteiger partial charge on any atom is -0.337 e. The second kappa shape index (κ2) is 5.15. The molecule has 2 aliphatic rings. The molecule has 2 saturated heterocycles. The second-order valence-corrected chi connectivity index (χ2v) is 6.11. The van der Waals surface area contributed by atoms with Gasteiger partial charge in [-0.2, -0.15) is 5.10 Å². The van der Waals surface area contributed by atoms with E-state index in [1.54, 1.807) is 6.20 Å². The Bertz CT molecular complexity index is 659. The first-order valence-electron chi connectivity index (χ1n) is 7.78. The molecule has 5 heteroatoms. The van der Waals surface area contributed by atoms with Crippen LogP contribution >= 0.6 is 0 Å². The Morgan fingerprint density at radius 3 is 2.95 bits per heavy atom. The van der Waals surface area contributed by atoms with Crippen molar-refractivity contribution < 1.29 is 4.79 Å². The number of benzene rings is 1. The lowest BCUT2D eigenvalue weighted by molar-refractivity contribution is 0.0780. The number of amides is 1. The highest BCUT2D eigenvalue weighted by Crippen LogP contribution is 2.22. The largest absolute Gasteiger partial charge is 0.337 e. The molecule has 1 aromatic carbocycles. The van der Waals surface area contributed by atoms with Gasteiger partial charge in [0.25, 0.3) is 5.91 Å². The van der Waals surface area contributed by atoms with Gasteiger partial charge in [0.1, 0.15) is 0 Å². The van der Waals surface area contributed by atoms with Crippen LogP contribution in [-0.4, -0.2) is 58.1 Å². The normalized spacial score (nSPS) is 23.2. The van der Waals surface area contributed by atoms with Crippen molar-refractivity contribution in [3.63, 3.8) is 0 Å². The van der Waals surface area contributed by atoms with Crippen LogP contribution in [0.25, 0.3) is 10.9 Å². The zero-order valence-electron chi connectivity index (χ0n) is 12.1. The summed E-state index contributed by atoms with van der Waals surface area (Å²) in [5.41, 5.74) is 1.69. The standard InChI is InChI=1S/C16H20N4O/c21-16(12-3-4-13-10-17-18-15(13)9-12)20-8-5-14(11-20)19-6-1-2-7-19/h3-4,9-10,14H,1-2,5-8,11H2,(H,17,18). The number of carbonyl (C=O) groups excluding carboxylic acids is 1. The summed E-state index contributed by atoms with van der Waals surface area (Å²) in [6.07, 6.45) is 5.50. The van der Waals surface area contributed by atoms with Crippen molar-refractivity contribution in [3.8, 4) is 0 Å². The van der Waals surface area contributed by atoms with Gasteiger partial charge in [-0.25, -0.2) is 0 Å². The van der Waals surface area contributed by atoms with E-state index in [0.717, 1.165) is 36.0 Å². The van der Waals surface area contributed by atoms with Gasteiger partial charge in [0.05, 0.1) is 11.7 Å². The molecule has 2 aliphatic heterocycles. The van der Waals surface area contributed by atoms with Crippen LogP contribution < -0.4 is 0 Å². The average molecular weight is 284 g/mol. The number of fused-ring (bicyclic) bond motifs is 1. The number of aromatic amines is 1. The van der Waals surface area contributed by atoms with Crippen molar-refractivity contribution in [3.05, 3.63) is 30.0 Å². The first-order chi connectivity index (χ1) is 10.3. The Kier molecular flexibility index (Phi) is 3.15. The first kappa shape index (κ1) is 12.8. The smallest absolute Gasteiger partial charge is 0.253 e. The Morgan fingerprint density at radius 1 is 1.24 bits per heavy atom. The molecule has 3 heterocycles. The number of H-pyrrole nitrogens is 1. The number of likely N-dealkylation sites (tertiary alicyclic amines) is 2. The maximum atomic E-state index is 12.6. The molecule has 0 radical (unpaired) electrons. The molecule has 0 aliphatic carbocycles. The SMILES string of the molecule is O=C(c1ccc2cn[nH]c2c1)N1CCC(N2CCCC2)C1. The van der Waals surface area contributed by atoms with Crippen LogP contribution in [0.15, 0.2) is 24.4 Å². The molecule has 1 amide bonds. The van der Waals surface area contributed by atoms with Crippen molar-refractivity contribution in [2.45, 2.75) is 25.3 Å². The quantitative estimate of drug-likeness (QED) is 0.916. The van der Waals surface area contributed by atoms with E-state index in [-0.39, 0.29) is 5.91 Å². The molecule has 4 rings (SSSR count). The first-order valence-corrected chi connectivity index (χ1v) is 7.78. The van der Waals surface area contributed by atoms with Crippen molar-refractivity contribution >= 4 is 16.8 Å². The average Bonchev–Trinajstić information content (AvgIpc) is 3.24. The van der Waals surface area contributed by atoms with Gasteiger partial charge in [0.2, 0.25) is 0 Å². The number of aromatic nitrogens is 2. The third-order valence-corrected chi connectivity index (χ3v) is 4.80. The predicted molar refractivity (Wildman–Crippen MR) is 81.2 cm³/mol. The number of carbonyl (C=O) groups is 1. The second-order valence-electron chi connectivity index (χ2n) is 6.11. The van der Waals surface area contributed by atoms with E-state index in [9.17, 15) is 4.79 Å². The van der Waals surface area contributed by atoms with E-state index < -0.39 is 0 Å². The van der Waals surface area contributed by atoms with Crippen molar-refractivity contribution in [2.24, 2.45) is 0 Å². The van der Waals surface area contributed by atoms with Gasteiger partial charge < -0.3 is 4.90 Å². The van der Waals surface area contributed by atoms with E-state index in [2.05, 4.69) is 15.1 Å². The summed E-state index contributed by atoms with van der Waals surface area (Å²) in [6, 6.07) is 6.34. The molecule has 0 bridgehead atoms. The monoisotopic (exact) mass is 284 g/mol. The highest BCUT2D eigenvalue weighted by atomic mass is 16.2. The molecule has 21 heavy (non-hydrogen) atoms. The molecule has 5 nitrogen and oxygen atoms in total. The third kappa shape index (κ3) is 2.31. The van der Waals surface area contributed by atoms with Crippen molar-refractivity contribution in [2.75, 3.05) is 26.2 Å². The molecule has 0 saturated carbocycles. The summed E-state index contributed by atoms with van der Waals surface area (Å²) in [4.78, 5) is 17.2. The zero-order valence-corrected chi connectivity index (χ0v) is 12.1. The molecule has 1 unspecified atom stereocenters. The van der Waals surface area contributed by atoms with Crippen LogP contribution in [0.2, 0.25) is 0 Å². The van der Waals surface area contributed by atoms with Crippen LogP contribution in [0.5, 0.6) is 0 Å². The maximum Gasteiger partial charge on any atom is 0.253 e. The molecular formula is C16H20N4O. The van der Waals surface area contributed by atoms with Crippen LogP contribution in [0, 0.1) is 0 Å². The summed E-state index contributed by atoms with van der Waals surface area (Å²) in [5, 5.41) is 7.98. The lowest BCUT2D eigenvalue weighted by Gasteiger charge is -2.23. The van der Waals surface area contributed by atoms with Crippen molar-refractivity contribution in [1.82, 2.24) is 20.0 Å². The van der Waals surface area contributed by atoms with Gasteiger partial charge in [-0.15, -0.1) is 0 Å². The lowest BCUT2D eigenvalue weighted by atomic mass is 10.1. The third-order valence-electron chi connectivity index (χ3n) is 4.80. The fourth-order valence-electron chi connectivity index (χ4n) is 3.58. The Balaban J connectivity index is 1.49. The Labute approximate surface area is 123 Å².